The molecule has 1 aliphatic rings. The normalized spacial score (nSPS) is 14.4. The number of aromatic nitrogens is 2. The largest absolute Gasteiger partial charge is 0.490 e. The second kappa shape index (κ2) is 9.97. The Labute approximate surface area is 173 Å². The van der Waals surface area contributed by atoms with Crippen LogP contribution in [0, 0.1) is 5.92 Å². The molecule has 0 spiro atoms. The van der Waals surface area contributed by atoms with Crippen LogP contribution in [0.4, 0.5) is 5.13 Å². The molecule has 152 valence electrons. The lowest BCUT2D eigenvalue weighted by atomic mass is 9.95. The molecule has 0 bridgehead atoms. The van der Waals surface area contributed by atoms with Crippen LogP contribution in [0.15, 0.2) is 22.5 Å². The van der Waals surface area contributed by atoms with Crippen molar-refractivity contribution >= 4 is 34.1 Å². The third-order valence-corrected chi connectivity index (χ3v) is 6.19. The van der Waals surface area contributed by atoms with Gasteiger partial charge in [0.25, 0.3) is 0 Å². The first-order chi connectivity index (χ1) is 13.6. The zero-order valence-electron chi connectivity index (χ0n) is 16.4. The van der Waals surface area contributed by atoms with Crippen molar-refractivity contribution in [2.75, 3.05) is 30.8 Å². The summed E-state index contributed by atoms with van der Waals surface area (Å²) in [5, 5.41) is 15.2. The number of anilines is 1. The average Bonchev–Trinajstić information content (AvgIpc) is 2.99. The Morgan fingerprint density at radius 3 is 2.79 bits per heavy atom. The zero-order chi connectivity index (χ0) is 19.9. The summed E-state index contributed by atoms with van der Waals surface area (Å²) in [6.07, 6.45) is 0.868. The molecule has 9 heteroatoms. The van der Waals surface area contributed by atoms with Gasteiger partial charge in [-0.25, -0.2) is 0 Å². The molecule has 0 saturated carbocycles. The minimum absolute atomic E-state index is 0.0315. The first kappa shape index (κ1) is 20.7. The van der Waals surface area contributed by atoms with Gasteiger partial charge in [0.15, 0.2) is 15.8 Å². The number of amides is 1. The van der Waals surface area contributed by atoms with Crippen molar-refractivity contribution in [3.05, 3.63) is 23.8 Å². The van der Waals surface area contributed by atoms with Gasteiger partial charge in [-0.3, -0.25) is 4.79 Å². The third kappa shape index (κ3) is 5.51. The van der Waals surface area contributed by atoms with E-state index in [1.807, 2.05) is 25.1 Å². The number of ether oxygens (including phenoxy) is 2. The van der Waals surface area contributed by atoms with Gasteiger partial charge in [-0.1, -0.05) is 43.0 Å². The Bertz CT molecular complexity index is 797. The van der Waals surface area contributed by atoms with Crippen LogP contribution in [-0.2, 0) is 4.79 Å². The van der Waals surface area contributed by atoms with Gasteiger partial charge in [-0.2, -0.15) is 0 Å². The monoisotopic (exact) mass is 422 g/mol. The maximum absolute atomic E-state index is 12.5. The summed E-state index contributed by atoms with van der Waals surface area (Å²) in [6, 6.07) is 5.80. The summed E-state index contributed by atoms with van der Waals surface area (Å²) in [7, 11) is 0. The van der Waals surface area contributed by atoms with E-state index in [1.54, 1.807) is 0 Å². The molecule has 0 radical (unpaired) electrons. The summed E-state index contributed by atoms with van der Waals surface area (Å²) < 4.78 is 12.3. The molecular weight excluding hydrogens is 396 g/mol. The standard InChI is InChI=1S/C19H26N4O3S2/c1-4-20-18-22-23-19(28-18)27-11-16(24)21-17(12(2)3)13-6-7-14-15(10-13)26-9-5-8-25-14/h6-7,10,12,17H,4-5,8-9,11H2,1-3H3,(H,20,22)(H,21,24). The molecule has 28 heavy (non-hydrogen) atoms. The van der Waals surface area contributed by atoms with Crippen molar-refractivity contribution in [1.29, 1.82) is 0 Å². The quantitative estimate of drug-likeness (QED) is 0.627. The van der Waals surface area contributed by atoms with Crippen LogP contribution < -0.4 is 20.1 Å². The van der Waals surface area contributed by atoms with Crippen LogP contribution in [-0.4, -0.2) is 41.6 Å². The third-order valence-electron chi connectivity index (χ3n) is 4.18. The molecule has 2 N–H and O–H groups in total. The van der Waals surface area contributed by atoms with Gasteiger partial charge in [0, 0.05) is 13.0 Å². The van der Waals surface area contributed by atoms with Crippen molar-refractivity contribution in [2.24, 2.45) is 5.92 Å². The molecule has 3 rings (SSSR count). The summed E-state index contributed by atoms with van der Waals surface area (Å²) in [5.74, 6) is 2.01. The number of rotatable bonds is 8. The smallest absolute Gasteiger partial charge is 0.230 e. The molecular formula is C19H26N4O3S2. The van der Waals surface area contributed by atoms with Crippen molar-refractivity contribution in [3.8, 4) is 11.5 Å². The molecule has 1 atom stereocenters. The van der Waals surface area contributed by atoms with E-state index in [2.05, 4.69) is 34.7 Å². The van der Waals surface area contributed by atoms with Gasteiger partial charge < -0.3 is 20.1 Å². The highest BCUT2D eigenvalue weighted by atomic mass is 32.2. The minimum Gasteiger partial charge on any atom is -0.490 e. The highest BCUT2D eigenvalue weighted by molar-refractivity contribution is 8.01. The number of carbonyl (C=O) groups excluding carboxylic acids is 1. The van der Waals surface area contributed by atoms with Crippen molar-refractivity contribution in [1.82, 2.24) is 15.5 Å². The predicted molar refractivity (Wildman–Crippen MR) is 113 cm³/mol. The lowest BCUT2D eigenvalue weighted by Crippen LogP contribution is -2.33. The lowest BCUT2D eigenvalue weighted by Gasteiger charge is -2.23. The lowest BCUT2D eigenvalue weighted by molar-refractivity contribution is -0.119. The predicted octanol–water partition coefficient (Wildman–Crippen LogP) is 3.74. The van der Waals surface area contributed by atoms with E-state index in [0.29, 0.717) is 19.0 Å². The van der Waals surface area contributed by atoms with E-state index in [9.17, 15) is 4.79 Å². The van der Waals surface area contributed by atoms with E-state index in [1.165, 1.54) is 23.1 Å². The molecule has 1 amide bonds. The SMILES string of the molecule is CCNc1nnc(SCC(=O)NC(c2ccc3c(c2)OCCCO3)C(C)C)s1. The Morgan fingerprint density at radius 2 is 2.04 bits per heavy atom. The Kier molecular flexibility index (Phi) is 7.38. The molecule has 2 heterocycles. The highest BCUT2D eigenvalue weighted by Gasteiger charge is 2.21. The number of hydrogen-bond acceptors (Lipinski definition) is 8. The number of benzene rings is 1. The molecule has 0 fully saturated rings. The number of thioether (sulfide) groups is 1. The fourth-order valence-corrected chi connectivity index (χ4v) is 4.47. The van der Waals surface area contributed by atoms with Crippen LogP contribution in [0.2, 0.25) is 0 Å². The fourth-order valence-electron chi connectivity index (χ4n) is 2.84. The molecule has 1 aliphatic heterocycles. The molecule has 1 aromatic heterocycles. The second-order valence-electron chi connectivity index (χ2n) is 6.74. The van der Waals surface area contributed by atoms with Gasteiger partial charge in [-0.05, 0) is 30.5 Å². The Hall–Kier alpha value is -2.00. The maximum atomic E-state index is 12.5. The van der Waals surface area contributed by atoms with Gasteiger partial charge in [0.2, 0.25) is 11.0 Å². The number of nitrogens with zero attached hydrogens (tertiary/aromatic N) is 2. The molecule has 2 aromatic rings. The number of hydrogen-bond donors (Lipinski definition) is 2. The van der Waals surface area contributed by atoms with E-state index in [0.717, 1.165) is 39.5 Å². The molecule has 1 unspecified atom stereocenters. The van der Waals surface area contributed by atoms with E-state index in [4.69, 9.17) is 9.47 Å². The van der Waals surface area contributed by atoms with Crippen LogP contribution in [0.5, 0.6) is 11.5 Å². The van der Waals surface area contributed by atoms with Crippen LogP contribution in [0.1, 0.15) is 38.8 Å². The number of nitrogens with one attached hydrogen (secondary N) is 2. The zero-order valence-corrected chi connectivity index (χ0v) is 18.0. The summed E-state index contributed by atoms with van der Waals surface area (Å²) in [4.78, 5) is 12.5. The molecule has 0 aliphatic carbocycles. The van der Waals surface area contributed by atoms with E-state index in [-0.39, 0.29) is 17.9 Å². The second-order valence-corrected chi connectivity index (χ2v) is 8.94. The number of carbonyl (C=O) groups is 1. The van der Waals surface area contributed by atoms with Crippen molar-refractivity contribution < 1.29 is 14.3 Å². The van der Waals surface area contributed by atoms with Crippen LogP contribution in [0.25, 0.3) is 0 Å². The molecule has 0 saturated heterocycles. The minimum atomic E-state index is -0.100. The van der Waals surface area contributed by atoms with Gasteiger partial charge in [0.1, 0.15) is 0 Å². The number of fused-ring (bicyclic) bond motifs is 1. The fraction of sp³-hybridized carbons (Fsp3) is 0.526. The van der Waals surface area contributed by atoms with Crippen LogP contribution in [0.3, 0.4) is 0 Å². The Morgan fingerprint density at radius 1 is 1.25 bits per heavy atom. The van der Waals surface area contributed by atoms with E-state index < -0.39 is 0 Å². The van der Waals surface area contributed by atoms with Crippen molar-refractivity contribution in [3.63, 3.8) is 0 Å². The van der Waals surface area contributed by atoms with Crippen LogP contribution >= 0.6 is 23.1 Å². The van der Waals surface area contributed by atoms with Gasteiger partial charge in [-0.15, -0.1) is 10.2 Å². The average molecular weight is 423 g/mol. The van der Waals surface area contributed by atoms with E-state index >= 15 is 0 Å². The summed E-state index contributed by atoms with van der Waals surface area (Å²) in [5.41, 5.74) is 1.02. The molecule has 1 aromatic carbocycles. The van der Waals surface area contributed by atoms with Gasteiger partial charge >= 0.3 is 0 Å². The molecule has 7 nitrogen and oxygen atoms in total. The first-order valence-electron chi connectivity index (χ1n) is 9.46. The highest BCUT2D eigenvalue weighted by Crippen LogP contribution is 2.34. The summed E-state index contributed by atoms with van der Waals surface area (Å²) >= 11 is 2.86. The first-order valence-corrected chi connectivity index (χ1v) is 11.3. The summed E-state index contributed by atoms with van der Waals surface area (Å²) in [6.45, 7) is 8.29. The van der Waals surface area contributed by atoms with Crippen molar-refractivity contribution in [2.45, 2.75) is 37.6 Å². The maximum Gasteiger partial charge on any atom is 0.230 e. The van der Waals surface area contributed by atoms with Gasteiger partial charge in [0.05, 0.1) is 25.0 Å². The topological polar surface area (TPSA) is 85.4 Å². The Balaban J connectivity index is 1.62.